The van der Waals surface area contributed by atoms with Crippen LogP contribution in [0.3, 0.4) is 0 Å². The van der Waals surface area contributed by atoms with Gasteiger partial charge in [-0.05, 0) is 40.0 Å². The molecule has 0 radical (unpaired) electrons. The quantitative estimate of drug-likeness (QED) is 0.782. The van der Waals surface area contributed by atoms with Crippen LogP contribution >= 0.6 is 11.6 Å². The van der Waals surface area contributed by atoms with E-state index in [9.17, 15) is 4.39 Å². The molecule has 1 aromatic carbocycles. The van der Waals surface area contributed by atoms with Crippen molar-refractivity contribution in [3.05, 3.63) is 29.8 Å². The van der Waals surface area contributed by atoms with E-state index in [2.05, 4.69) is 30.8 Å². The van der Waals surface area contributed by atoms with Crippen LogP contribution in [0.25, 0.3) is 11.0 Å². The summed E-state index contributed by atoms with van der Waals surface area (Å²) in [4.78, 5) is 6.62. The average molecular weight is 298 g/mol. The molecule has 110 valence electrons. The normalized spacial score (nSPS) is 13.6. The van der Waals surface area contributed by atoms with Crippen molar-refractivity contribution in [2.45, 2.75) is 38.7 Å². The molecule has 0 fully saturated rings. The fourth-order valence-electron chi connectivity index (χ4n) is 2.19. The smallest absolute Gasteiger partial charge is 0.151 e. The molecule has 20 heavy (non-hydrogen) atoms. The molecule has 0 N–H and O–H groups in total. The summed E-state index contributed by atoms with van der Waals surface area (Å²) in [6.07, 6.45) is 0. The minimum atomic E-state index is -0.294. The van der Waals surface area contributed by atoms with Crippen LogP contribution < -0.4 is 0 Å². The molecule has 1 unspecified atom stereocenters. The topological polar surface area (TPSA) is 21.1 Å². The number of para-hydroxylation sites is 1. The Hall–Kier alpha value is -1.13. The second kappa shape index (κ2) is 6.10. The van der Waals surface area contributed by atoms with E-state index in [-0.39, 0.29) is 11.2 Å². The third-order valence-electron chi connectivity index (χ3n) is 3.67. The maximum absolute atomic E-state index is 13.8. The Kier molecular flexibility index (Phi) is 4.66. The van der Waals surface area contributed by atoms with Crippen molar-refractivity contribution in [3.8, 4) is 0 Å². The molecule has 3 nitrogen and oxygen atoms in total. The van der Waals surface area contributed by atoms with Crippen LogP contribution in [0.2, 0.25) is 0 Å². The van der Waals surface area contributed by atoms with Gasteiger partial charge >= 0.3 is 0 Å². The summed E-state index contributed by atoms with van der Waals surface area (Å²) < 4.78 is 15.9. The van der Waals surface area contributed by atoms with Crippen LogP contribution in [-0.2, 0) is 6.54 Å². The Morgan fingerprint density at radius 1 is 1.35 bits per heavy atom. The first kappa shape index (κ1) is 15.3. The third-order valence-corrected chi connectivity index (χ3v) is 3.87. The zero-order valence-electron chi connectivity index (χ0n) is 12.4. The summed E-state index contributed by atoms with van der Waals surface area (Å²) in [5.74, 6) is 0.431. The maximum atomic E-state index is 13.8. The molecule has 1 atom stereocenters. The number of nitrogens with zero attached hydrogens (tertiary/aromatic N) is 3. The highest BCUT2D eigenvalue weighted by molar-refractivity contribution is 6.20. The van der Waals surface area contributed by atoms with Gasteiger partial charge in [-0.25, -0.2) is 9.37 Å². The van der Waals surface area contributed by atoms with Gasteiger partial charge in [0.15, 0.2) is 5.82 Å². The number of benzene rings is 1. The standard InChI is InChI=1S/C15H21ClFN3/c1-10(2)19(4)8-9-20-13-7-5-6-12(17)14(13)18-15(20)11(3)16/h5-7,10-11H,8-9H2,1-4H3. The Bertz CT molecular complexity index is 592. The van der Waals surface area contributed by atoms with Crippen molar-refractivity contribution in [2.24, 2.45) is 0 Å². The van der Waals surface area contributed by atoms with Crippen molar-refractivity contribution in [2.75, 3.05) is 13.6 Å². The molecule has 0 aliphatic rings. The monoisotopic (exact) mass is 297 g/mol. The highest BCUT2D eigenvalue weighted by Crippen LogP contribution is 2.26. The first-order valence-corrected chi connectivity index (χ1v) is 7.34. The SMILES string of the molecule is CC(Cl)c1nc2c(F)cccc2n1CCN(C)C(C)C. The van der Waals surface area contributed by atoms with Gasteiger partial charge < -0.3 is 9.47 Å². The van der Waals surface area contributed by atoms with E-state index in [1.54, 1.807) is 6.07 Å². The van der Waals surface area contributed by atoms with Gasteiger partial charge in [-0.15, -0.1) is 11.6 Å². The van der Waals surface area contributed by atoms with Gasteiger partial charge in [0.1, 0.15) is 11.3 Å². The summed E-state index contributed by atoms with van der Waals surface area (Å²) in [6.45, 7) is 7.79. The Labute approximate surface area is 124 Å². The molecule has 0 bridgehead atoms. The molecule has 0 saturated carbocycles. The molecular weight excluding hydrogens is 277 g/mol. The number of imidazole rings is 1. The summed E-state index contributed by atoms with van der Waals surface area (Å²) in [7, 11) is 2.08. The Morgan fingerprint density at radius 3 is 2.65 bits per heavy atom. The largest absolute Gasteiger partial charge is 0.325 e. The highest BCUT2D eigenvalue weighted by Gasteiger charge is 2.17. The number of aromatic nitrogens is 2. The van der Waals surface area contributed by atoms with Gasteiger partial charge in [-0.2, -0.15) is 0 Å². The fourth-order valence-corrected chi connectivity index (χ4v) is 2.35. The van der Waals surface area contributed by atoms with Gasteiger partial charge in [0.25, 0.3) is 0 Å². The van der Waals surface area contributed by atoms with Gasteiger partial charge in [0.2, 0.25) is 0 Å². The van der Waals surface area contributed by atoms with Crippen LogP contribution in [0, 0.1) is 5.82 Å². The van der Waals surface area contributed by atoms with Crippen LogP contribution in [-0.4, -0.2) is 34.1 Å². The Morgan fingerprint density at radius 2 is 2.05 bits per heavy atom. The number of rotatable bonds is 5. The van der Waals surface area contributed by atoms with E-state index in [1.165, 1.54) is 6.07 Å². The van der Waals surface area contributed by atoms with E-state index in [4.69, 9.17) is 11.6 Å². The second-order valence-electron chi connectivity index (χ2n) is 5.42. The molecule has 5 heteroatoms. The lowest BCUT2D eigenvalue weighted by atomic mass is 10.3. The first-order valence-electron chi connectivity index (χ1n) is 6.90. The lowest BCUT2D eigenvalue weighted by Crippen LogP contribution is -2.30. The number of hydrogen-bond acceptors (Lipinski definition) is 2. The molecule has 0 amide bonds. The Balaban J connectivity index is 2.39. The lowest BCUT2D eigenvalue weighted by Gasteiger charge is -2.22. The third kappa shape index (κ3) is 2.96. The number of alkyl halides is 1. The molecule has 1 heterocycles. The zero-order valence-corrected chi connectivity index (χ0v) is 13.2. The van der Waals surface area contributed by atoms with Gasteiger partial charge in [0, 0.05) is 19.1 Å². The van der Waals surface area contributed by atoms with Crippen LogP contribution in [0.5, 0.6) is 0 Å². The van der Waals surface area contributed by atoms with E-state index in [0.717, 1.165) is 24.4 Å². The predicted octanol–water partition coefficient (Wildman–Crippen LogP) is 3.82. The minimum Gasteiger partial charge on any atom is -0.325 e. The number of halogens is 2. The summed E-state index contributed by atoms with van der Waals surface area (Å²) >= 11 is 6.19. The van der Waals surface area contributed by atoms with E-state index in [0.29, 0.717) is 11.6 Å². The van der Waals surface area contributed by atoms with Gasteiger partial charge in [0.05, 0.1) is 10.9 Å². The lowest BCUT2D eigenvalue weighted by molar-refractivity contribution is 0.263. The number of fused-ring (bicyclic) bond motifs is 1. The van der Waals surface area contributed by atoms with Gasteiger partial charge in [-0.1, -0.05) is 6.07 Å². The zero-order chi connectivity index (χ0) is 14.9. The molecule has 1 aromatic heterocycles. The highest BCUT2D eigenvalue weighted by atomic mass is 35.5. The van der Waals surface area contributed by atoms with Crippen molar-refractivity contribution in [1.82, 2.24) is 14.5 Å². The maximum Gasteiger partial charge on any atom is 0.151 e. The molecule has 2 rings (SSSR count). The van der Waals surface area contributed by atoms with Crippen molar-refractivity contribution in [1.29, 1.82) is 0 Å². The van der Waals surface area contributed by atoms with Crippen LogP contribution in [0.15, 0.2) is 18.2 Å². The molecule has 0 spiro atoms. The van der Waals surface area contributed by atoms with Crippen molar-refractivity contribution < 1.29 is 4.39 Å². The van der Waals surface area contributed by atoms with Crippen LogP contribution in [0.1, 0.15) is 32.0 Å². The predicted molar refractivity (Wildman–Crippen MR) is 81.7 cm³/mol. The summed E-state index contributed by atoms with van der Waals surface area (Å²) in [5.41, 5.74) is 1.21. The molecule has 2 aromatic rings. The molecule has 0 aliphatic heterocycles. The first-order chi connectivity index (χ1) is 9.41. The van der Waals surface area contributed by atoms with E-state index in [1.807, 2.05) is 17.6 Å². The van der Waals surface area contributed by atoms with Crippen molar-refractivity contribution in [3.63, 3.8) is 0 Å². The number of likely N-dealkylation sites (N-methyl/N-ethyl adjacent to an activating group) is 1. The minimum absolute atomic E-state index is 0.244. The molecular formula is C15H21ClFN3. The van der Waals surface area contributed by atoms with E-state index < -0.39 is 0 Å². The fraction of sp³-hybridized carbons (Fsp3) is 0.533. The van der Waals surface area contributed by atoms with Crippen molar-refractivity contribution >= 4 is 22.6 Å². The second-order valence-corrected chi connectivity index (χ2v) is 6.07. The molecule has 0 aliphatic carbocycles. The number of hydrogen-bond donors (Lipinski definition) is 0. The average Bonchev–Trinajstić information content (AvgIpc) is 2.76. The van der Waals surface area contributed by atoms with Crippen LogP contribution in [0.4, 0.5) is 4.39 Å². The summed E-state index contributed by atoms with van der Waals surface area (Å²) in [5, 5.41) is -0.244. The van der Waals surface area contributed by atoms with Gasteiger partial charge in [-0.3, -0.25) is 0 Å². The molecule has 0 saturated heterocycles. The summed E-state index contributed by atoms with van der Waals surface area (Å²) in [6, 6.07) is 5.51. The van der Waals surface area contributed by atoms with E-state index >= 15 is 0 Å².